The maximum atomic E-state index is 5.31. The van der Waals surface area contributed by atoms with Crippen LogP contribution in [0.15, 0.2) is 194 Å². The molecule has 288 valence electrons. The zero-order valence-electron chi connectivity index (χ0n) is 33.1. The molecule has 0 unspecified atom stereocenters. The largest absolute Gasteiger partial charge is 0.309 e. The highest BCUT2D eigenvalue weighted by Gasteiger charge is 2.23. The molecule has 0 aliphatic carbocycles. The first-order valence-electron chi connectivity index (χ1n) is 20.8. The van der Waals surface area contributed by atoms with Crippen molar-refractivity contribution in [2.75, 3.05) is 0 Å². The summed E-state index contributed by atoms with van der Waals surface area (Å²) in [4.78, 5) is 20.6. The van der Waals surface area contributed by atoms with Gasteiger partial charge in [0.2, 0.25) is 11.9 Å². The SMILES string of the molecule is c1ccc(-n2c3ccccc3c3cc4c(cc32)c2ccccc2n4-c2ncc3cnc(-n4c5ccccc5c5ccc6c(c7ccccc7n6-c6ccccc6)c54)nc3n2)cc1. The summed E-state index contributed by atoms with van der Waals surface area (Å²) in [5, 5.41) is 9.97. The van der Waals surface area contributed by atoms with Crippen molar-refractivity contribution in [3.63, 3.8) is 0 Å². The molecule has 0 aliphatic heterocycles. The van der Waals surface area contributed by atoms with Gasteiger partial charge in [-0.15, -0.1) is 0 Å². The summed E-state index contributed by atoms with van der Waals surface area (Å²) in [6.45, 7) is 0. The van der Waals surface area contributed by atoms with Gasteiger partial charge < -0.3 is 9.13 Å². The molecule has 14 rings (SSSR count). The number of hydrogen-bond donors (Lipinski definition) is 0. The van der Waals surface area contributed by atoms with Crippen LogP contribution in [0.5, 0.6) is 0 Å². The molecule has 8 nitrogen and oxygen atoms in total. The van der Waals surface area contributed by atoms with Gasteiger partial charge in [0.25, 0.3) is 0 Å². The number of aromatic nitrogens is 8. The Balaban J connectivity index is 1.03. The van der Waals surface area contributed by atoms with Gasteiger partial charge in [0.1, 0.15) is 0 Å². The summed E-state index contributed by atoms with van der Waals surface area (Å²) in [6.07, 6.45) is 3.70. The van der Waals surface area contributed by atoms with E-state index in [4.69, 9.17) is 19.9 Å². The van der Waals surface area contributed by atoms with Crippen molar-refractivity contribution < 1.29 is 0 Å². The van der Waals surface area contributed by atoms with Crippen LogP contribution < -0.4 is 0 Å². The van der Waals surface area contributed by atoms with E-state index in [2.05, 4.69) is 200 Å². The maximum Gasteiger partial charge on any atom is 0.236 e. The lowest BCUT2D eigenvalue weighted by molar-refractivity contribution is 0.969. The third-order valence-electron chi connectivity index (χ3n) is 12.7. The van der Waals surface area contributed by atoms with Gasteiger partial charge in [-0.25, -0.2) is 9.97 Å². The van der Waals surface area contributed by atoms with Crippen LogP contribution in [0.25, 0.3) is 122 Å². The van der Waals surface area contributed by atoms with Crippen LogP contribution >= 0.6 is 0 Å². The zero-order chi connectivity index (χ0) is 40.5. The van der Waals surface area contributed by atoms with E-state index < -0.39 is 0 Å². The molecule has 0 bridgehead atoms. The molecule has 0 fully saturated rings. The van der Waals surface area contributed by atoms with Crippen molar-refractivity contribution in [2.45, 2.75) is 0 Å². The third kappa shape index (κ3) is 4.49. The lowest BCUT2D eigenvalue weighted by Gasteiger charge is -2.10. The molecule has 6 aromatic heterocycles. The first-order chi connectivity index (χ1) is 30.8. The van der Waals surface area contributed by atoms with Gasteiger partial charge in [0, 0.05) is 66.9 Å². The average molecular weight is 793 g/mol. The lowest BCUT2D eigenvalue weighted by atomic mass is 10.1. The van der Waals surface area contributed by atoms with Crippen molar-refractivity contribution in [2.24, 2.45) is 0 Å². The van der Waals surface area contributed by atoms with Gasteiger partial charge >= 0.3 is 0 Å². The summed E-state index contributed by atoms with van der Waals surface area (Å²) < 4.78 is 9.12. The van der Waals surface area contributed by atoms with Crippen LogP contribution in [0.4, 0.5) is 0 Å². The highest BCUT2D eigenvalue weighted by atomic mass is 15.2. The maximum absolute atomic E-state index is 5.31. The van der Waals surface area contributed by atoms with Gasteiger partial charge in [-0.05, 0) is 66.7 Å². The Kier molecular flexibility index (Phi) is 6.68. The summed E-state index contributed by atoms with van der Waals surface area (Å²) in [5.41, 5.74) is 11.5. The first kappa shape index (κ1) is 33.2. The summed E-state index contributed by atoms with van der Waals surface area (Å²) in [7, 11) is 0. The van der Waals surface area contributed by atoms with Gasteiger partial charge in [-0.3, -0.25) is 9.13 Å². The van der Waals surface area contributed by atoms with Crippen LogP contribution in [0.3, 0.4) is 0 Å². The van der Waals surface area contributed by atoms with Gasteiger partial charge in [-0.2, -0.15) is 9.97 Å². The van der Waals surface area contributed by atoms with Gasteiger partial charge in [0.15, 0.2) is 5.65 Å². The van der Waals surface area contributed by atoms with Crippen LogP contribution in [0, 0.1) is 0 Å². The topological polar surface area (TPSA) is 71.3 Å². The normalized spacial score (nSPS) is 12.2. The Morgan fingerprint density at radius 3 is 1.34 bits per heavy atom. The van der Waals surface area contributed by atoms with E-state index in [-0.39, 0.29) is 0 Å². The fraction of sp³-hybridized carbons (Fsp3) is 0. The molecule has 62 heavy (non-hydrogen) atoms. The minimum absolute atomic E-state index is 0.551. The quantitative estimate of drug-likeness (QED) is 0.178. The van der Waals surface area contributed by atoms with Crippen LogP contribution in [-0.2, 0) is 0 Å². The molecule has 0 amide bonds. The third-order valence-corrected chi connectivity index (χ3v) is 12.7. The summed E-state index contributed by atoms with van der Waals surface area (Å²) >= 11 is 0. The van der Waals surface area contributed by atoms with E-state index in [9.17, 15) is 0 Å². The van der Waals surface area contributed by atoms with Crippen molar-refractivity contribution >= 4 is 98.3 Å². The minimum atomic E-state index is 0.551. The predicted molar refractivity (Wildman–Crippen MR) is 252 cm³/mol. The van der Waals surface area contributed by atoms with Gasteiger partial charge in [0.05, 0.1) is 49.5 Å². The Labute approximate surface area is 352 Å². The highest BCUT2D eigenvalue weighted by Crippen LogP contribution is 2.42. The van der Waals surface area contributed by atoms with Crippen molar-refractivity contribution in [1.82, 2.24) is 38.2 Å². The number of benzene rings is 8. The van der Waals surface area contributed by atoms with Crippen molar-refractivity contribution in [3.05, 3.63) is 194 Å². The molecule has 14 aromatic rings. The molecule has 0 aliphatic rings. The Morgan fingerprint density at radius 2 is 0.742 bits per heavy atom. The second kappa shape index (κ2) is 12.5. The molecular weight excluding hydrogens is 761 g/mol. The molecular formula is C54H32N8. The molecule has 0 radical (unpaired) electrons. The molecule has 0 N–H and O–H groups in total. The number of fused-ring (bicyclic) bond motifs is 14. The fourth-order valence-corrected chi connectivity index (χ4v) is 10.1. The number of para-hydroxylation sites is 6. The van der Waals surface area contributed by atoms with Crippen molar-refractivity contribution in [1.29, 1.82) is 0 Å². The van der Waals surface area contributed by atoms with Crippen molar-refractivity contribution in [3.8, 4) is 23.3 Å². The van der Waals surface area contributed by atoms with E-state index >= 15 is 0 Å². The van der Waals surface area contributed by atoms with E-state index in [1.165, 1.54) is 10.8 Å². The van der Waals surface area contributed by atoms with E-state index in [1.54, 1.807) is 0 Å². The number of hydrogen-bond acceptors (Lipinski definition) is 4. The fourth-order valence-electron chi connectivity index (χ4n) is 10.1. The van der Waals surface area contributed by atoms with E-state index in [1.807, 2.05) is 12.4 Å². The highest BCUT2D eigenvalue weighted by molar-refractivity contribution is 6.26. The Morgan fingerprint density at radius 1 is 0.306 bits per heavy atom. The molecule has 8 heteroatoms. The first-order valence-corrected chi connectivity index (χ1v) is 20.8. The van der Waals surface area contributed by atoms with E-state index in [0.29, 0.717) is 17.5 Å². The molecule has 0 atom stereocenters. The van der Waals surface area contributed by atoms with Gasteiger partial charge in [-0.1, -0.05) is 115 Å². The Hall–Kier alpha value is -8.62. The number of rotatable bonds is 4. The standard InChI is InChI=1S/C54H32N8/c1-3-15-34(16-4-1)59-46-26-14-10-22-40(46)50-47(59)28-27-39-36-19-7-13-25-45(36)62(51(39)50)54-56-32-33-31-55-53(57-52(33)58-54)61-44-24-12-9-21-38(44)42-29-48-41(30-49(42)61)37-20-8-11-23-43(37)60(48)35-17-5-2-6-18-35/h1-32H. The molecule has 8 aromatic carbocycles. The Bertz CT molecular complexity index is 4150. The summed E-state index contributed by atoms with van der Waals surface area (Å²) in [6, 6.07) is 64.6. The molecule has 0 saturated heterocycles. The molecule has 0 spiro atoms. The molecule has 0 saturated carbocycles. The zero-order valence-corrected chi connectivity index (χ0v) is 33.1. The second-order valence-electron chi connectivity index (χ2n) is 15.9. The van der Waals surface area contributed by atoms with E-state index in [0.717, 1.165) is 93.2 Å². The molecule has 6 heterocycles. The smallest absolute Gasteiger partial charge is 0.236 e. The summed E-state index contributed by atoms with van der Waals surface area (Å²) in [5.74, 6) is 1.10. The monoisotopic (exact) mass is 792 g/mol. The number of nitrogens with zero attached hydrogens (tertiary/aromatic N) is 8. The predicted octanol–water partition coefficient (Wildman–Crippen LogP) is 12.8. The minimum Gasteiger partial charge on any atom is -0.309 e. The second-order valence-corrected chi connectivity index (χ2v) is 15.9. The van der Waals surface area contributed by atoms with Crippen LogP contribution in [0.1, 0.15) is 0 Å². The van der Waals surface area contributed by atoms with Crippen LogP contribution in [-0.4, -0.2) is 38.2 Å². The lowest BCUT2D eigenvalue weighted by Crippen LogP contribution is -2.05. The van der Waals surface area contributed by atoms with Crippen LogP contribution in [0.2, 0.25) is 0 Å². The average Bonchev–Trinajstić information content (AvgIpc) is 4.06.